The second-order valence-electron chi connectivity index (χ2n) is 6.66. The van der Waals surface area contributed by atoms with Crippen molar-refractivity contribution in [3.05, 3.63) is 58.4 Å². The third-order valence-corrected chi connectivity index (χ3v) is 5.03. The number of carbonyl (C=O) groups excluding carboxylic acids is 2. The van der Waals surface area contributed by atoms with Gasteiger partial charge in [0.05, 0.1) is 0 Å². The van der Waals surface area contributed by atoms with E-state index in [0.717, 1.165) is 31.2 Å². The number of nitrogens with zero attached hydrogens (tertiary/aromatic N) is 1. The van der Waals surface area contributed by atoms with E-state index in [-0.39, 0.29) is 23.6 Å². The van der Waals surface area contributed by atoms with E-state index in [4.69, 9.17) is 11.6 Å². The van der Waals surface area contributed by atoms with Crippen molar-refractivity contribution < 1.29 is 9.59 Å². The predicted octanol–water partition coefficient (Wildman–Crippen LogP) is 4.36. The fourth-order valence-corrected chi connectivity index (χ4v) is 3.26. The van der Waals surface area contributed by atoms with Crippen LogP contribution in [-0.4, -0.2) is 22.8 Å². The van der Waals surface area contributed by atoms with Gasteiger partial charge >= 0.3 is 0 Å². The van der Waals surface area contributed by atoms with Crippen LogP contribution in [0.1, 0.15) is 58.5 Å². The molecule has 1 aromatic heterocycles. The van der Waals surface area contributed by atoms with Gasteiger partial charge in [-0.15, -0.1) is 0 Å². The van der Waals surface area contributed by atoms with Crippen LogP contribution >= 0.6 is 11.6 Å². The SMILES string of the molecule is Cc1ccc(NC(=O)c2ccnc(C(=O)NC3CCCCC3)c2)cc1Cl. The number of nitrogens with one attached hydrogen (secondary N) is 2. The molecule has 0 aliphatic heterocycles. The minimum Gasteiger partial charge on any atom is -0.348 e. The molecule has 3 rings (SSSR count). The van der Waals surface area contributed by atoms with Gasteiger partial charge in [0.15, 0.2) is 0 Å². The summed E-state index contributed by atoms with van der Waals surface area (Å²) in [4.78, 5) is 29.0. The molecule has 0 radical (unpaired) electrons. The van der Waals surface area contributed by atoms with Gasteiger partial charge in [0.1, 0.15) is 5.69 Å². The summed E-state index contributed by atoms with van der Waals surface area (Å²) in [5.74, 6) is -0.538. The number of amides is 2. The summed E-state index contributed by atoms with van der Waals surface area (Å²) in [5, 5.41) is 6.39. The molecule has 0 saturated heterocycles. The summed E-state index contributed by atoms with van der Waals surface area (Å²) in [7, 11) is 0. The van der Waals surface area contributed by atoms with Crippen molar-refractivity contribution in [1.29, 1.82) is 0 Å². The van der Waals surface area contributed by atoms with Crippen molar-refractivity contribution in [2.75, 3.05) is 5.32 Å². The van der Waals surface area contributed by atoms with Crippen molar-refractivity contribution >= 4 is 29.1 Å². The zero-order valence-corrected chi connectivity index (χ0v) is 15.5. The van der Waals surface area contributed by atoms with E-state index < -0.39 is 0 Å². The number of carbonyl (C=O) groups is 2. The smallest absolute Gasteiger partial charge is 0.270 e. The summed E-state index contributed by atoms with van der Waals surface area (Å²) in [6, 6.07) is 8.63. The quantitative estimate of drug-likeness (QED) is 0.838. The van der Waals surface area contributed by atoms with Crippen molar-refractivity contribution in [3.8, 4) is 0 Å². The minimum absolute atomic E-state index is 0.199. The van der Waals surface area contributed by atoms with Crippen LogP contribution in [0, 0.1) is 6.92 Å². The lowest BCUT2D eigenvalue weighted by atomic mass is 9.95. The highest BCUT2D eigenvalue weighted by atomic mass is 35.5. The largest absolute Gasteiger partial charge is 0.348 e. The minimum atomic E-state index is -0.306. The molecule has 0 spiro atoms. The highest BCUT2D eigenvalue weighted by molar-refractivity contribution is 6.31. The first-order valence-corrected chi connectivity index (χ1v) is 9.25. The van der Waals surface area contributed by atoms with Crippen LogP contribution in [0.4, 0.5) is 5.69 Å². The highest BCUT2D eigenvalue weighted by Gasteiger charge is 2.18. The van der Waals surface area contributed by atoms with E-state index in [0.29, 0.717) is 16.3 Å². The van der Waals surface area contributed by atoms with Gasteiger partial charge in [0, 0.05) is 28.5 Å². The van der Waals surface area contributed by atoms with Gasteiger partial charge in [0.25, 0.3) is 11.8 Å². The molecular formula is C20H22ClN3O2. The highest BCUT2D eigenvalue weighted by Crippen LogP contribution is 2.21. The summed E-state index contributed by atoms with van der Waals surface area (Å²) < 4.78 is 0. The number of rotatable bonds is 4. The van der Waals surface area contributed by atoms with E-state index in [1.165, 1.54) is 18.7 Å². The Kier molecular flexibility index (Phi) is 5.89. The Morgan fingerprint density at radius 1 is 1.08 bits per heavy atom. The first-order valence-electron chi connectivity index (χ1n) is 8.87. The van der Waals surface area contributed by atoms with Gasteiger partial charge in [0.2, 0.25) is 0 Å². The molecule has 1 aromatic carbocycles. The molecule has 0 bridgehead atoms. The first-order chi connectivity index (χ1) is 12.5. The number of hydrogen-bond donors (Lipinski definition) is 2. The Labute approximate surface area is 158 Å². The Hall–Kier alpha value is -2.40. The number of pyridine rings is 1. The molecule has 6 heteroatoms. The van der Waals surface area contributed by atoms with Crippen LogP contribution in [-0.2, 0) is 0 Å². The molecule has 2 amide bonds. The fraction of sp³-hybridized carbons (Fsp3) is 0.350. The summed E-state index contributed by atoms with van der Waals surface area (Å²) in [5.41, 5.74) is 2.18. The number of halogens is 1. The number of aryl methyl sites for hydroxylation is 1. The van der Waals surface area contributed by atoms with Gasteiger partial charge in [-0.2, -0.15) is 0 Å². The van der Waals surface area contributed by atoms with Crippen molar-refractivity contribution in [3.63, 3.8) is 0 Å². The van der Waals surface area contributed by atoms with Gasteiger partial charge in [-0.3, -0.25) is 14.6 Å². The third kappa shape index (κ3) is 4.61. The van der Waals surface area contributed by atoms with Crippen molar-refractivity contribution in [1.82, 2.24) is 10.3 Å². The molecule has 1 aliphatic carbocycles. The van der Waals surface area contributed by atoms with Crippen LogP contribution in [0.3, 0.4) is 0 Å². The Morgan fingerprint density at radius 3 is 2.58 bits per heavy atom. The molecule has 1 saturated carbocycles. The molecule has 0 atom stereocenters. The second kappa shape index (κ2) is 8.32. The number of hydrogen-bond acceptors (Lipinski definition) is 3. The predicted molar refractivity (Wildman–Crippen MR) is 103 cm³/mol. The molecule has 0 unspecified atom stereocenters. The zero-order chi connectivity index (χ0) is 18.5. The molecule has 2 aromatic rings. The number of anilines is 1. The zero-order valence-electron chi connectivity index (χ0n) is 14.7. The maximum atomic E-state index is 12.5. The van der Waals surface area contributed by atoms with E-state index in [1.54, 1.807) is 18.2 Å². The van der Waals surface area contributed by atoms with E-state index in [2.05, 4.69) is 15.6 Å². The van der Waals surface area contributed by atoms with Crippen LogP contribution in [0.15, 0.2) is 36.5 Å². The first kappa shape index (κ1) is 18.4. The van der Waals surface area contributed by atoms with Crippen LogP contribution in [0.5, 0.6) is 0 Å². The lowest BCUT2D eigenvalue weighted by molar-refractivity contribution is 0.0922. The van der Waals surface area contributed by atoms with E-state index in [1.807, 2.05) is 13.0 Å². The molecule has 1 aliphatic rings. The maximum absolute atomic E-state index is 12.5. The lowest BCUT2D eigenvalue weighted by Crippen LogP contribution is -2.36. The molecule has 1 fully saturated rings. The normalized spacial score (nSPS) is 14.7. The monoisotopic (exact) mass is 371 g/mol. The molecule has 136 valence electrons. The van der Waals surface area contributed by atoms with Gasteiger partial charge in [-0.05, 0) is 49.6 Å². The van der Waals surface area contributed by atoms with Crippen LogP contribution in [0.25, 0.3) is 0 Å². The average Bonchev–Trinajstić information content (AvgIpc) is 2.65. The standard InChI is InChI=1S/C20H22ClN3O2/c1-13-7-8-16(12-17(13)21)24-19(25)14-9-10-22-18(11-14)20(26)23-15-5-3-2-4-6-15/h7-12,15H,2-6H2,1H3,(H,23,26)(H,24,25). The fourth-order valence-electron chi connectivity index (χ4n) is 3.08. The second-order valence-corrected chi connectivity index (χ2v) is 7.06. The van der Waals surface area contributed by atoms with E-state index >= 15 is 0 Å². The van der Waals surface area contributed by atoms with Gasteiger partial charge in [-0.25, -0.2) is 0 Å². The molecule has 26 heavy (non-hydrogen) atoms. The topological polar surface area (TPSA) is 71.1 Å². The molecule has 2 N–H and O–H groups in total. The summed E-state index contributed by atoms with van der Waals surface area (Å²) in [6.07, 6.45) is 6.98. The van der Waals surface area contributed by atoms with Crippen molar-refractivity contribution in [2.24, 2.45) is 0 Å². The summed E-state index contributed by atoms with van der Waals surface area (Å²) in [6.45, 7) is 1.90. The summed E-state index contributed by atoms with van der Waals surface area (Å²) >= 11 is 6.09. The maximum Gasteiger partial charge on any atom is 0.270 e. The Bertz CT molecular complexity index is 816. The van der Waals surface area contributed by atoms with Gasteiger partial charge in [-0.1, -0.05) is 36.9 Å². The molecule has 5 nitrogen and oxygen atoms in total. The number of benzene rings is 1. The Balaban J connectivity index is 1.68. The lowest BCUT2D eigenvalue weighted by Gasteiger charge is -2.22. The molecule has 1 heterocycles. The van der Waals surface area contributed by atoms with E-state index in [9.17, 15) is 9.59 Å². The van der Waals surface area contributed by atoms with Crippen LogP contribution in [0.2, 0.25) is 5.02 Å². The number of aromatic nitrogens is 1. The third-order valence-electron chi connectivity index (χ3n) is 4.62. The Morgan fingerprint density at radius 2 is 1.85 bits per heavy atom. The van der Waals surface area contributed by atoms with Crippen LogP contribution < -0.4 is 10.6 Å². The van der Waals surface area contributed by atoms with Crippen molar-refractivity contribution in [2.45, 2.75) is 45.1 Å². The average molecular weight is 372 g/mol. The van der Waals surface area contributed by atoms with Gasteiger partial charge < -0.3 is 10.6 Å². The molecular weight excluding hydrogens is 350 g/mol.